The summed E-state index contributed by atoms with van der Waals surface area (Å²) in [6.07, 6.45) is 0.597. The third-order valence-corrected chi connectivity index (χ3v) is 4.99. The predicted molar refractivity (Wildman–Crippen MR) is 114 cm³/mol. The minimum absolute atomic E-state index is 0.103. The van der Waals surface area contributed by atoms with E-state index in [-0.39, 0.29) is 11.3 Å². The van der Waals surface area contributed by atoms with Crippen LogP contribution in [0.15, 0.2) is 60.2 Å². The minimum Gasteiger partial charge on any atom is -0.507 e. The summed E-state index contributed by atoms with van der Waals surface area (Å²) in [6.45, 7) is 5.80. The first-order chi connectivity index (χ1) is 14.6. The zero-order chi connectivity index (χ0) is 21.5. The molecule has 6 heteroatoms. The minimum atomic E-state index is -0.674. The van der Waals surface area contributed by atoms with Gasteiger partial charge in [0, 0.05) is 25.3 Å². The second kappa shape index (κ2) is 10.1. The maximum absolute atomic E-state index is 12.9. The topological polar surface area (TPSA) is 76.1 Å². The van der Waals surface area contributed by atoms with Crippen molar-refractivity contribution < 1.29 is 24.2 Å². The van der Waals surface area contributed by atoms with E-state index in [0.29, 0.717) is 44.1 Å². The Labute approximate surface area is 176 Å². The van der Waals surface area contributed by atoms with Crippen LogP contribution in [-0.2, 0) is 14.3 Å². The van der Waals surface area contributed by atoms with Gasteiger partial charge >= 0.3 is 0 Å². The molecule has 2 aromatic carbocycles. The number of hydrogen-bond donors (Lipinski definition) is 1. The van der Waals surface area contributed by atoms with E-state index in [2.05, 4.69) is 0 Å². The molecule has 1 N–H and O–H groups in total. The van der Waals surface area contributed by atoms with Crippen molar-refractivity contribution >= 4 is 17.4 Å². The molecule has 158 valence electrons. The number of ether oxygens (including phenoxy) is 2. The first-order valence-electron chi connectivity index (χ1n) is 10.2. The number of aliphatic hydroxyl groups excluding tert-OH is 1. The molecule has 0 radical (unpaired) electrons. The van der Waals surface area contributed by atoms with Gasteiger partial charge in [-0.1, -0.05) is 42.5 Å². The van der Waals surface area contributed by atoms with Crippen molar-refractivity contribution in [3.8, 4) is 5.75 Å². The van der Waals surface area contributed by atoms with Crippen molar-refractivity contribution in [2.45, 2.75) is 26.3 Å². The molecule has 0 saturated carbocycles. The Morgan fingerprint density at radius 2 is 1.70 bits per heavy atom. The molecule has 3 rings (SSSR count). The molecular formula is C24H27NO5. The normalized spacial score (nSPS) is 18.1. The van der Waals surface area contributed by atoms with Crippen LogP contribution in [0, 0.1) is 0 Å². The molecule has 2 aromatic rings. The Bertz CT molecular complexity index is 905. The maximum atomic E-state index is 12.9. The van der Waals surface area contributed by atoms with E-state index in [4.69, 9.17) is 9.47 Å². The third-order valence-electron chi connectivity index (χ3n) is 4.99. The highest BCUT2D eigenvalue weighted by Crippen LogP contribution is 2.39. The van der Waals surface area contributed by atoms with Gasteiger partial charge in [0.15, 0.2) is 0 Å². The molecule has 6 nitrogen and oxygen atoms in total. The van der Waals surface area contributed by atoms with E-state index in [1.54, 1.807) is 24.3 Å². The van der Waals surface area contributed by atoms with Gasteiger partial charge < -0.3 is 19.5 Å². The summed E-state index contributed by atoms with van der Waals surface area (Å²) in [5.74, 6) is -0.743. The summed E-state index contributed by atoms with van der Waals surface area (Å²) in [7, 11) is 0. The Morgan fingerprint density at radius 3 is 2.33 bits per heavy atom. The van der Waals surface area contributed by atoms with Crippen molar-refractivity contribution in [3.05, 3.63) is 71.3 Å². The van der Waals surface area contributed by atoms with Gasteiger partial charge in [-0.2, -0.15) is 0 Å². The number of carbonyl (C=O) groups excluding carboxylic acids is 2. The van der Waals surface area contributed by atoms with Crippen molar-refractivity contribution in [3.63, 3.8) is 0 Å². The van der Waals surface area contributed by atoms with Crippen LogP contribution in [0.5, 0.6) is 5.75 Å². The molecule has 0 unspecified atom stereocenters. The Morgan fingerprint density at radius 1 is 1.00 bits per heavy atom. The van der Waals surface area contributed by atoms with Crippen molar-refractivity contribution in [2.24, 2.45) is 0 Å². The molecule has 1 heterocycles. The van der Waals surface area contributed by atoms with Crippen LogP contribution < -0.4 is 4.74 Å². The van der Waals surface area contributed by atoms with Gasteiger partial charge in [0.2, 0.25) is 0 Å². The number of hydrogen-bond acceptors (Lipinski definition) is 5. The molecule has 30 heavy (non-hydrogen) atoms. The number of amides is 1. The summed E-state index contributed by atoms with van der Waals surface area (Å²) >= 11 is 0. The number of nitrogens with zero attached hydrogens (tertiary/aromatic N) is 1. The van der Waals surface area contributed by atoms with Crippen LogP contribution in [-0.4, -0.2) is 48.1 Å². The monoisotopic (exact) mass is 409 g/mol. The molecule has 0 aliphatic carbocycles. The number of rotatable bonds is 9. The van der Waals surface area contributed by atoms with Crippen LogP contribution in [0.1, 0.15) is 37.4 Å². The maximum Gasteiger partial charge on any atom is 0.295 e. The number of likely N-dealkylation sites (tertiary alicyclic amines) is 1. The van der Waals surface area contributed by atoms with Gasteiger partial charge in [-0.15, -0.1) is 0 Å². The van der Waals surface area contributed by atoms with Crippen molar-refractivity contribution in [2.75, 3.05) is 26.4 Å². The summed E-state index contributed by atoms with van der Waals surface area (Å²) in [4.78, 5) is 27.3. The van der Waals surface area contributed by atoms with Crippen LogP contribution >= 0.6 is 0 Å². The highest BCUT2D eigenvalue weighted by atomic mass is 16.5. The van der Waals surface area contributed by atoms with Crippen LogP contribution in [0.4, 0.5) is 0 Å². The summed E-state index contributed by atoms with van der Waals surface area (Å²) in [5.41, 5.74) is 1.35. The van der Waals surface area contributed by atoms with Gasteiger partial charge in [0.05, 0.1) is 18.2 Å². The van der Waals surface area contributed by atoms with E-state index < -0.39 is 17.7 Å². The fourth-order valence-electron chi connectivity index (χ4n) is 3.60. The van der Waals surface area contributed by atoms with E-state index in [1.165, 1.54) is 4.90 Å². The first kappa shape index (κ1) is 21.6. The molecule has 0 bridgehead atoms. The molecule has 1 fully saturated rings. The zero-order valence-corrected chi connectivity index (χ0v) is 17.3. The van der Waals surface area contributed by atoms with Gasteiger partial charge in [-0.05, 0) is 38.0 Å². The second-order valence-electron chi connectivity index (χ2n) is 6.91. The van der Waals surface area contributed by atoms with Gasteiger partial charge in [-0.3, -0.25) is 9.59 Å². The summed E-state index contributed by atoms with van der Waals surface area (Å²) in [6, 6.07) is 15.4. The average molecular weight is 409 g/mol. The molecule has 1 amide bonds. The zero-order valence-electron chi connectivity index (χ0n) is 17.3. The van der Waals surface area contributed by atoms with E-state index in [0.717, 1.165) is 5.56 Å². The average Bonchev–Trinajstić information content (AvgIpc) is 3.02. The van der Waals surface area contributed by atoms with E-state index in [9.17, 15) is 14.7 Å². The smallest absolute Gasteiger partial charge is 0.295 e. The number of aliphatic hydroxyl groups is 1. The number of carbonyl (C=O) groups is 2. The second-order valence-corrected chi connectivity index (χ2v) is 6.91. The molecule has 0 aromatic heterocycles. The Kier molecular flexibility index (Phi) is 7.25. The number of benzene rings is 2. The quantitative estimate of drug-likeness (QED) is 0.294. The molecule has 1 aliphatic heterocycles. The third kappa shape index (κ3) is 4.54. The highest BCUT2D eigenvalue weighted by Gasteiger charge is 2.45. The van der Waals surface area contributed by atoms with Crippen molar-refractivity contribution in [1.82, 2.24) is 4.90 Å². The fraction of sp³-hybridized carbons (Fsp3) is 0.333. The van der Waals surface area contributed by atoms with Gasteiger partial charge in [0.1, 0.15) is 11.5 Å². The molecule has 1 aliphatic rings. The largest absolute Gasteiger partial charge is 0.507 e. The molecular weight excluding hydrogens is 382 g/mol. The lowest BCUT2D eigenvalue weighted by Crippen LogP contribution is -2.31. The van der Waals surface area contributed by atoms with Gasteiger partial charge in [-0.25, -0.2) is 0 Å². The highest BCUT2D eigenvalue weighted by molar-refractivity contribution is 6.46. The lowest BCUT2D eigenvalue weighted by Gasteiger charge is -2.25. The van der Waals surface area contributed by atoms with E-state index in [1.807, 2.05) is 44.2 Å². The van der Waals surface area contributed by atoms with Crippen molar-refractivity contribution in [1.29, 1.82) is 0 Å². The van der Waals surface area contributed by atoms with Crippen LogP contribution in [0.3, 0.4) is 0 Å². The predicted octanol–water partition coefficient (Wildman–Crippen LogP) is 3.93. The van der Waals surface area contributed by atoms with Crippen LogP contribution in [0.25, 0.3) is 5.76 Å². The van der Waals surface area contributed by atoms with E-state index >= 15 is 0 Å². The fourth-order valence-corrected chi connectivity index (χ4v) is 3.60. The molecule has 1 saturated heterocycles. The summed E-state index contributed by atoms with van der Waals surface area (Å²) in [5, 5.41) is 10.9. The van der Waals surface area contributed by atoms with Gasteiger partial charge in [0.25, 0.3) is 11.7 Å². The molecule has 0 spiro atoms. The Balaban J connectivity index is 2.02. The Hall–Kier alpha value is -3.12. The molecule has 1 atom stereocenters. The lowest BCUT2D eigenvalue weighted by molar-refractivity contribution is -0.140. The number of Topliss-reactive ketones (excluding diaryl/α,β-unsaturated/α-hetero) is 1. The van der Waals surface area contributed by atoms with Crippen LogP contribution in [0.2, 0.25) is 0 Å². The standard InChI is InChI=1S/C24H27NO5/c1-3-29-16-8-15-25-21(17-11-13-19(14-12-17)30-4-2)20(23(27)24(25)28)22(26)18-9-6-5-7-10-18/h5-7,9-14,21,26H,3-4,8,15-16H2,1-2H3/t21-/m1/s1. The SMILES string of the molecule is CCOCCCN1C(=O)C(=O)C(=C(O)c2ccccc2)[C@H]1c1ccc(OCC)cc1. The first-order valence-corrected chi connectivity index (χ1v) is 10.2. The summed E-state index contributed by atoms with van der Waals surface area (Å²) < 4.78 is 10.9. The lowest BCUT2D eigenvalue weighted by atomic mass is 9.95. The number of ketones is 1.